The summed E-state index contributed by atoms with van der Waals surface area (Å²) >= 11 is 11.9. The molecule has 0 amide bonds. The molecule has 0 bridgehead atoms. The van der Waals surface area contributed by atoms with Gasteiger partial charge in [0, 0.05) is 0 Å². The van der Waals surface area contributed by atoms with Crippen molar-refractivity contribution < 1.29 is 4.63 Å². The van der Waals surface area contributed by atoms with E-state index < -0.39 is 0 Å². The number of nitrogens with one attached hydrogen (secondary N) is 1. The van der Waals surface area contributed by atoms with Gasteiger partial charge in [-0.15, -0.1) is 0 Å². The largest absolute Gasteiger partial charge is 0.342 e. The second-order valence-electron chi connectivity index (χ2n) is 3.39. The third-order valence-electron chi connectivity index (χ3n) is 2.28. The molecule has 0 unspecified atom stereocenters. The Morgan fingerprint density at radius 2 is 1.70 bits per heavy atom. The van der Waals surface area contributed by atoms with Gasteiger partial charge in [-0.05, 0) is 16.4 Å². The predicted octanol–water partition coefficient (Wildman–Crippen LogP) is 2.77. The van der Waals surface area contributed by atoms with Crippen LogP contribution in [0.3, 0.4) is 0 Å². The third-order valence-corrected chi connectivity index (χ3v) is 2.87. The molecule has 0 fully saturated rings. The lowest BCUT2D eigenvalue weighted by Crippen LogP contribution is -2.02. The van der Waals surface area contributed by atoms with E-state index in [1.54, 1.807) is 18.2 Å². The molecule has 0 spiro atoms. The molecule has 0 aliphatic carbocycles. The van der Waals surface area contributed by atoms with Crippen LogP contribution in [0.5, 0.6) is 0 Å². The maximum absolute atomic E-state index is 8.99. The van der Waals surface area contributed by atoms with Gasteiger partial charge < -0.3 is 5.32 Å². The van der Waals surface area contributed by atoms with Gasteiger partial charge in [0.15, 0.2) is 16.6 Å². The van der Waals surface area contributed by atoms with Gasteiger partial charge in [0.25, 0.3) is 0 Å². The lowest BCUT2D eigenvalue weighted by atomic mass is 10.2. The normalized spacial score (nSPS) is 9.35. The van der Waals surface area contributed by atoms with Crippen LogP contribution in [0.1, 0.15) is 0 Å². The highest BCUT2D eigenvalue weighted by Crippen LogP contribution is 2.35. The molecule has 2 aromatic rings. The second kappa shape index (κ2) is 5.46. The van der Waals surface area contributed by atoms with Gasteiger partial charge in [-0.25, -0.2) is 4.63 Å². The molecule has 0 atom stereocenters. The lowest BCUT2D eigenvalue weighted by molar-refractivity contribution is 0.315. The summed E-state index contributed by atoms with van der Waals surface area (Å²) in [6.07, 6.45) is 0. The van der Waals surface area contributed by atoms with Crippen molar-refractivity contribution in [2.75, 3.05) is 5.32 Å². The summed E-state index contributed by atoms with van der Waals surface area (Å²) in [5, 5.41) is 36.7. The van der Waals surface area contributed by atoms with E-state index in [2.05, 4.69) is 20.3 Å². The number of hydrogen-bond acceptors (Lipinski definition) is 7. The first-order valence-corrected chi connectivity index (χ1v) is 5.69. The average molecular weight is 305 g/mol. The summed E-state index contributed by atoms with van der Waals surface area (Å²) in [4.78, 5) is 0. The Kier molecular flexibility index (Phi) is 3.72. The summed E-state index contributed by atoms with van der Waals surface area (Å²) in [6.45, 7) is 0. The maximum atomic E-state index is 8.99. The van der Waals surface area contributed by atoms with E-state index >= 15 is 0 Å². The number of allylic oxidation sites excluding steroid dienone is 2. The van der Waals surface area contributed by atoms with Crippen molar-refractivity contribution in [2.45, 2.75) is 0 Å². The van der Waals surface area contributed by atoms with Crippen molar-refractivity contribution in [3.63, 3.8) is 0 Å². The highest BCUT2D eigenvalue weighted by molar-refractivity contribution is 6.40. The van der Waals surface area contributed by atoms with Crippen molar-refractivity contribution >= 4 is 39.9 Å². The Hall–Kier alpha value is -2.79. The fourth-order valence-corrected chi connectivity index (χ4v) is 1.94. The Morgan fingerprint density at radius 3 is 2.30 bits per heavy atom. The first-order valence-electron chi connectivity index (χ1n) is 4.94. The molecular formula is C11H2Cl2N6O. The van der Waals surface area contributed by atoms with E-state index in [0.717, 1.165) is 0 Å². The highest BCUT2D eigenvalue weighted by atomic mass is 35.5. The van der Waals surface area contributed by atoms with Crippen LogP contribution in [0.4, 0.5) is 5.69 Å². The number of nitriles is 3. The number of rotatable bonds is 2. The summed E-state index contributed by atoms with van der Waals surface area (Å²) in [6, 6.07) is 6.29. The summed E-state index contributed by atoms with van der Waals surface area (Å²) in [5.41, 5.74) is -0.0460. The molecule has 0 saturated carbocycles. The minimum Gasteiger partial charge on any atom is -0.342 e. The number of aromatic nitrogens is 2. The Balaban J connectivity index is 2.65. The number of fused-ring (bicyclic) bond motifs is 1. The predicted molar refractivity (Wildman–Crippen MR) is 69.3 cm³/mol. The van der Waals surface area contributed by atoms with E-state index in [-0.39, 0.29) is 38.0 Å². The molecule has 0 saturated heterocycles. The Morgan fingerprint density at radius 1 is 1.05 bits per heavy atom. The van der Waals surface area contributed by atoms with Crippen LogP contribution in [0.25, 0.3) is 11.0 Å². The van der Waals surface area contributed by atoms with Crippen LogP contribution in [0.15, 0.2) is 22.0 Å². The van der Waals surface area contributed by atoms with Crippen molar-refractivity contribution in [3.8, 4) is 18.2 Å². The molecule has 1 aromatic heterocycles. The van der Waals surface area contributed by atoms with E-state index in [1.807, 2.05) is 0 Å². The van der Waals surface area contributed by atoms with Gasteiger partial charge in [0.2, 0.25) is 0 Å². The molecule has 0 radical (unpaired) electrons. The third kappa shape index (κ3) is 2.22. The highest BCUT2D eigenvalue weighted by Gasteiger charge is 2.17. The number of anilines is 1. The summed E-state index contributed by atoms with van der Waals surface area (Å²) in [5.74, 6) is 0. The molecule has 0 aliphatic rings. The maximum Gasteiger partial charge on any atom is 0.163 e. The van der Waals surface area contributed by atoms with E-state index in [9.17, 15) is 0 Å². The minimum atomic E-state index is -0.386. The van der Waals surface area contributed by atoms with Crippen LogP contribution < -0.4 is 5.32 Å². The first-order chi connectivity index (χ1) is 9.62. The van der Waals surface area contributed by atoms with Crippen LogP contribution >= 0.6 is 23.2 Å². The van der Waals surface area contributed by atoms with Crippen molar-refractivity contribution in [3.05, 3.63) is 27.4 Å². The van der Waals surface area contributed by atoms with Gasteiger partial charge in [0.05, 0.1) is 15.7 Å². The first kappa shape index (κ1) is 13.6. The SMILES string of the molecule is N#CC(C#N)=C(C#N)Nc1c(Cl)cc(Cl)c2nonc12. The molecule has 2 rings (SSSR count). The van der Waals surface area contributed by atoms with Gasteiger partial charge in [-0.2, -0.15) is 15.8 Å². The molecule has 0 aliphatic heterocycles. The van der Waals surface area contributed by atoms with Crippen LogP contribution in [0.2, 0.25) is 10.0 Å². The second-order valence-corrected chi connectivity index (χ2v) is 4.20. The van der Waals surface area contributed by atoms with Gasteiger partial charge in [-0.3, -0.25) is 0 Å². The number of nitrogens with zero attached hydrogens (tertiary/aromatic N) is 5. The van der Waals surface area contributed by atoms with Crippen molar-refractivity contribution in [2.24, 2.45) is 0 Å². The number of halogens is 2. The van der Waals surface area contributed by atoms with Gasteiger partial charge >= 0.3 is 0 Å². The topological polar surface area (TPSA) is 122 Å². The molecule has 1 heterocycles. The lowest BCUT2D eigenvalue weighted by Gasteiger charge is -2.07. The van der Waals surface area contributed by atoms with Crippen molar-refractivity contribution in [1.82, 2.24) is 10.3 Å². The van der Waals surface area contributed by atoms with Gasteiger partial charge in [-0.1, -0.05) is 23.2 Å². The zero-order chi connectivity index (χ0) is 14.7. The Labute approximate surface area is 122 Å². The Bertz CT molecular complexity index is 833. The molecular weight excluding hydrogens is 303 g/mol. The molecule has 7 nitrogen and oxygen atoms in total. The summed E-state index contributed by atoms with van der Waals surface area (Å²) < 4.78 is 4.56. The monoisotopic (exact) mass is 304 g/mol. The van der Waals surface area contributed by atoms with E-state index in [1.165, 1.54) is 6.07 Å². The zero-order valence-corrected chi connectivity index (χ0v) is 11.0. The fourth-order valence-electron chi connectivity index (χ4n) is 1.40. The quantitative estimate of drug-likeness (QED) is 0.846. The van der Waals surface area contributed by atoms with Crippen molar-refractivity contribution in [1.29, 1.82) is 15.8 Å². The molecule has 96 valence electrons. The summed E-state index contributed by atoms with van der Waals surface area (Å²) in [7, 11) is 0. The van der Waals surface area contributed by atoms with E-state index in [0.29, 0.717) is 0 Å². The molecule has 1 aromatic carbocycles. The number of hydrogen-bond donors (Lipinski definition) is 1. The smallest absolute Gasteiger partial charge is 0.163 e. The molecule has 1 N–H and O–H groups in total. The van der Waals surface area contributed by atoms with Crippen LogP contribution in [-0.2, 0) is 0 Å². The van der Waals surface area contributed by atoms with E-state index in [4.69, 9.17) is 39.0 Å². The minimum absolute atomic E-state index is 0.140. The van der Waals surface area contributed by atoms with Gasteiger partial charge in [0.1, 0.15) is 23.9 Å². The van der Waals surface area contributed by atoms with Crippen LogP contribution in [-0.4, -0.2) is 10.3 Å². The fraction of sp³-hybridized carbons (Fsp3) is 0. The zero-order valence-electron chi connectivity index (χ0n) is 9.48. The van der Waals surface area contributed by atoms with Crippen LogP contribution in [0, 0.1) is 34.0 Å². The standard InChI is InChI=1S/C11H2Cl2N6O/c12-6-1-7(13)10-11(19-20-18-10)9(6)17-8(4-16)5(2-14)3-15/h1,17H. The number of benzene rings is 1. The average Bonchev–Trinajstić information content (AvgIpc) is 2.92. The molecule has 9 heteroatoms. The molecule has 20 heavy (non-hydrogen) atoms.